The van der Waals surface area contributed by atoms with E-state index >= 15 is 0 Å². The van der Waals surface area contributed by atoms with E-state index in [0.717, 1.165) is 18.7 Å². The van der Waals surface area contributed by atoms with E-state index in [2.05, 4.69) is 22.7 Å². The Bertz CT molecular complexity index is 268. The Balaban J connectivity index is 2.07. The van der Waals surface area contributed by atoms with E-state index in [0.29, 0.717) is 6.54 Å². The molecule has 0 aliphatic heterocycles. The highest BCUT2D eigenvalue weighted by molar-refractivity contribution is 4.96. The van der Waals surface area contributed by atoms with Crippen LogP contribution in [0.2, 0.25) is 0 Å². The number of hydrogen-bond acceptors (Lipinski definition) is 2. The van der Waals surface area contributed by atoms with E-state index in [4.69, 9.17) is 5.73 Å². The van der Waals surface area contributed by atoms with E-state index in [9.17, 15) is 0 Å². The molecule has 1 aromatic heterocycles. The maximum atomic E-state index is 5.49. The fourth-order valence-electron chi connectivity index (χ4n) is 1.88. The van der Waals surface area contributed by atoms with Crippen LogP contribution >= 0.6 is 0 Å². The summed E-state index contributed by atoms with van der Waals surface area (Å²) in [7, 11) is 0. The van der Waals surface area contributed by atoms with E-state index in [1.165, 1.54) is 38.5 Å². The second-order valence-corrected chi connectivity index (χ2v) is 4.41. The lowest BCUT2D eigenvalue weighted by atomic mass is 10.1. The molecule has 1 aromatic rings. The van der Waals surface area contributed by atoms with Crippen molar-refractivity contribution in [2.45, 2.75) is 58.4 Å². The first kappa shape index (κ1) is 13.2. The van der Waals surface area contributed by atoms with Crippen LogP contribution < -0.4 is 5.73 Å². The summed E-state index contributed by atoms with van der Waals surface area (Å²) in [6.45, 7) is 4.04. The molecular weight excluding hydrogens is 198 g/mol. The minimum absolute atomic E-state index is 0.689. The predicted octanol–water partition coefficient (Wildman–Crippen LogP) is 2.74. The Morgan fingerprint density at radius 1 is 1.19 bits per heavy atom. The van der Waals surface area contributed by atoms with Crippen molar-refractivity contribution in [2.24, 2.45) is 5.73 Å². The summed E-state index contributed by atoms with van der Waals surface area (Å²) in [5.74, 6) is 0. The average molecular weight is 223 g/mol. The van der Waals surface area contributed by atoms with E-state index < -0.39 is 0 Å². The molecule has 0 radical (unpaired) electrons. The van der Waals surface area contributed by atoms with E-state index in [1.54, 1.807) is 0 Å². The summed E-state index contributed by atoms with van der Waals surface area (Å²) >= 11 is 0. The fraction of sp³-hybridized carbons (Fsp3) is 0.769. The highest BCUT2D eigenvalue weighted by Gasteiger charge is 1.97. The number of imidazole rings is 1. The first-order chi connectivity index (χ1) is 7.86. The van der Waals surface area contributed by atoms with Crippen LogP contribution in [-0.2, 0) is 13.0 Å². The second kappa shape index (κ2) is 8.34. The smallest absolute Gasteiger partial charge is 0.0949 e. The minimum atomic E-state index is 0.689. The molecule has 0 fully saturated rings. The highest BCUT2D eigenvalue weighted by atomic mass is 15.0. The number of aryl methyl sites for hydroxylation is 1. The topological polar surface area (TPSA) is 43.8 Å². The summed E-state index contributed by atoms with van der Waals surface area (Å²) < 4.78 is 2.19. The first-order valence-corrected chi connectivity index (χ1v) is 6.57. The number of unbranched alkanes of at least 4 members (excludes halogenated alkanes) is 5. The lowest BCUT2D eigenvalue weighted by Gasteiger charge is -2.01. The zero-order valence-corrected chi connectivity index (χ0v) is 10.5. The molecule has 0 aliphatic rings. The van der Waals surface area contributed by atoms with E-state index in [1.807, 2.05) is 6.33 Å². The van der Waals surface area contributed by atoms with Crippen LogP contribution in [0.1, 0.15) is 51.1 Å². The average Bonchev–Trinajstić information content (AvgIpc) is 2.72. The van der Waals surface area contributed by atoms with Crippen molar-refractivity contribution in [2.75, 3.05) is 6.54 Å². The molecule has 0 aliphatic carbocycles. The van der Waals surface area contributed by atoms with Crippen LogP contribution in [0.5, 0.6) is 0 Å². The van der Waals surface area contributed by atoms with Crippen LogP contribution in [0.3, 0.4) is 0 Å². The Morgan fingerprint density at radius 2 is 1.94 bits per heavy atom. The molecule has 0 aromatic carbocycles. The van der Waals surface area contributed by atoms with Gasteiger partial charge in [0.15, 0.2) is 0 Å². The van der Waals surface area contributed by atoms with Crippen molar-refractivity contribution >= 4 is 0 Å². The molecule has 16 heavy (non-hydrogen) atoms. The van der Waals surface area contributed by atoms with Crippen molar-refractivity contribution in [3.05, 3.63) is 18.2 Å². The van der Waals surface area contributed by atoms with Gasteiger partial charge in [-0.1, -0.05) is 39.0 Å². The lowest BCUT2D eigenvalue weighted by Crippen LogP contribution is -2.02. The van der Waals surface area contributed by atoms with Crippen LogP contribution in [-0.4, -0.2) is 16.1 Å². The molecule has 1 heterocycles. The Morgan fingerprint density at radius 3 is 2.69 bits per heavy atom. The normalized spacial score (nSPS) is 10.9. The van der Waals surface area contributed by atoms with Gasteiger partial charge in [0.1, 0.15) is 0 Å². The number of hydrogen-bond donors (Lipinski definition) is 1. The van der Waals surface area contributed by atoms with Gasteiger partial charge in [0.2, 0.25) is 0 Å². The molecule has 0 saturated carbocycles. The largest absolute Gasteiger partial charge is 0.337 e. The monoisotopic (exact) mass is 223 g/mol. The number of rotatable bonds is 9. The van der Waals surface area contributed by atoms with Crippen LogP contribution in [0.4, 0.5) is 0 Å². The van der Waals surface area contributed by atoms with Crippen molar-refractivity contribution in [3.63, 3.8) is 0 Å². The first-order valence-electron chi connectivity index (χ1n) is 6.57. The third-order valence-electron chi connectivity index (χ3n) is 2.86. The molecule has 0 unspecified atom stereocenters. The molecule has 0 atom stereocenters. The maximum Gasteiger partial charge on any atom is 0.0949 e. The molecule has 3 nitrogen and oxygen atoms in total. The molecule has 92 valence electrons. The van der Waals surface area contributed by atoms with Gasteiger partial charge in [0.25, 0.3) is 0 Å². The molecule has 3 heteroatoms. The van der Waals surface area contributed by atoms with Crippen LogP contribution in [0.25, 0.3) is 0 Å². The van der Waals surface area contributed by atoms with E-state index in [-0.39, 0.29) is 0 Å². The Kier molecular flexibility index (Phi) is 6.90. The number of aromatic nitrogens is 2. The van der Waals surface area contributed by atoms with Gasteiger partial charge in [-0.2, -0.15) is 0 Å². The lowest BCUT2D eigenvalue weighted by molar-refractivity contribution is 0.557. The van der Waals surface area contributed by atoms with Crippen molar-refractivity contribution in [1.29, 1.82) is 0 Å². The quantitative estimate of drug-likeness (QED) is 0.654. The summed E-state index contributed by atoms with van der Waals surface area (Å²) in [4.78, 5) is 4.32. The third kappa shape index (κ3) is 5.31. The van der Waals surface area contributed by atoms with Gasteiger partial charge in [-0.25, -0.2) is 4.98 Å². The van der Waals surface area contributed by atoms with Gasteiger partial charge in [-0.15, -0.1) is 0 Å². The molecule has 0 saturated heterocycles. The number of nitrogens with two attached hydrogens (primary N) is 1. The van der Waals surface area contributed by atoms with Gasteiger partial charge in [0, 0.05) is 19.2 Å². The maximum absolute atomic E-state index is 5.49. The highest BCUT2D eigenvalue weighted by Crippen LogP contribution is 2.06. The van der Waals surface area contributed by atoms with Crippen LogP contribution in [0, 0.1) is 0 Å². The molecule has 0 spiro atoms. The summed E-state index contributed by atoms with van der Waals surface area (Å²) in [6.07, 6.45) is 13.0. The van der Waals surface area contributed by atoms with Crippen molar-refractivity contribution in [3.8, 4) is 0 Å². The zero-order chi connectivity index (χ0) is 11.6. The standard InChI is InChI=1S/C13H25N3/c1-2-3-4-5-6-7-10-16-11-13(8-9-14)15-12-16/h11-12H,2-10,14H2,1H3. The predicted molar refractivity (Wildman–Crippen MR) is 68.4 cm³/mol. The van der Waals surface area contributed by atoms with Gasteiger partial charge in [-0.05, 0) is 13.0 Å². The molecule has 0 amide bonds. The summed E-state index contributed by atoms with van der Waals surface area (Å²) in [5.41, 5.74) is 6.61. The molecule has 0 bridgehead atoms. The van der Waals surface area contributed by atoms with Crippen LogP contribution in [0.15, 0.2) is 12.5 Å². The van der Waals surface area contributed by atoms with Gasteiger partial charge < -0.3 is 10.3 Å². The van der Waals surface area contributed by atoms with Gasteiger partial charge >= 0.3 is 0 Å². The second-order valence-electron chi connectivity index (χ2n) is 4.41. The third-order valence-corrected chi connectivity index (χ3v) is 2.86. The Hall–Kier alpha value is -0.830. The van der Waals surface area contributed by atoms with Gasteiger partial charge in [0.05, 0.1) is 12.0 Å². The summed E-state index contributed by atoms with van der Waals surface area (Å²) in [5, 5.41) is 0. The zero-order valence-electron chi connectivity index (χ0n) is 10.5. The molecule has 2 N–H and O–H groups in total. The SMILES string of the molecule is CCCCCCCCn1cnc(CCN)c1. The fourth-order valence-corrected chi connectivity index (χ4v) is 1.88. The minimum Gasteiger partial charge on any atom is -0.337 e. The van der Waals surface area contributed by atoms with Crippen molar-refractivity contribution in [1.82, 2.24) is 9.55 Å². The Labute approximate surface area is 99.1 Å². The molecule has 1 rings (SSSR count). The van der Waals surface area contributed by atoms with Gasteiger partial charge in [-0.3, -0.25) is 0 Å². The number of nitrogens with zero attached hydrogens (tertiary/aromatic N) is 2. The van der Waals surface area contributed by atoms with Crippen molar-refractivity contribution < 1.29 is 0 Å². The summed E-state index contributed by atoms with van der Waals surface area (Å²) in [6, 6.07) is 0. The molecular formula is C13H25N3.